The molecule has 0 radical (unpaired) electrons. The number of hydrogen-bond donors (Lipinski definition) is 1. The molecule has 0 aromatic carbocycles. The van der Waals surface area contributed by atoms with E-state index in [4.69, 9.17) is 4.74 Å². The second-order valence-electron chi connectivity index (χ2n) is 4.95. The summed E-state index contributed by atoms with van der Waals surface area (Å²) in [6, 6.07) is 2.31. The van der Waals surface area contributed by atoms with Gasteiger partial charge in [-0.25, -0.2) is 4.98 Å². The highest BCUT2D eigenvalue weighted by molar-refractivity contribution is 5.45. The van der Waals surface area contributed by atoms with Gasteiger partial charge in [0.05, 0.1) is 18.3 Å². The van der Waals surface area contributed by atoms with E-state index in [1.54, 1.807) is 0 Å². The van der Waals surface area contributed by atoms with Gasteiger partial charge in [-0.2, -0.15) is 13.2 Å². The molecule has 0 amide bonds. The van der Waals surface area contributed by atoms with Crippen molar-refractivity contribution in [3.8, 4) is 0 Å². The topological polar surface area (TPSA) is 34.2 Å². The highest BCUT2D eigenvalue weighted by Gasteiger charge is 2.33. The molecule has 0 atom stereocenters. The van der Waals surface area contributed by atoms with Crippen molar-refractivity contribution in [1.29, 1.82) is 0 Å². The first-order chi connectivity index (χ1) is 9.57. The Labute approximate surface area is 116 Å². The molecule has 1 aliphatic rings. The Bertz CT molecular complexity index is 417. The first-order valence-corrected chi connectivity index (χ1v) is 6.95. The van der Waals surface area contributed by atoms with Crippen LogP contribution in [0.25, 0.3) is 0 Å². The average Bonchev–Trinajstić information content (AvgIpc) is 2.44. The van der Waals surface area contributed by atoms with Crippen molar-refractivity contribution in [2.24, 2.45) is 0 Å². The highest BCUT2D eigenvalue weighted by atomic mass is 19.4. The highest BCUT2D eigenvalue weighted by Crippen LogP contribution is 2.33. The molecule has 0 aliphatic heterocycles. The summed E-state index contributed by atoms with van der Waals surface area (Å²) in [6.07, 6.45) is 2.93. The van der Waals surface area contributed by atoms with Gasteiger partial charge in [0.25, 0.3) is 0 Å². The number of halogens is 3. The molecule has 3 nitrogen and oxygen atoms in total. The molecule has 1 fully saturated rings. The summed E-state index contributed by atoms with van der Waals surface area (Å²) in [4.78, 5) is 3.74. The molecule has 0 bridgehead atoms. The molecule has 1 saturated carbocycles. The third-order valence-corrected chi connectivity index (χ3v) is 3.41. The minimum Gasteiger partial charge on any atom is -0.376 e. The van der Waals surface area contributed by atoms with Crippen LogP contribution in [0.3, 0.4) is 0 Å². The Balaban J connectivity index is 1.79. The van der Waals surface area contributed by atoms with Crippen LogP contribution in [0.1, 0.15) is 37.7 Å². The summed E-state index contributed by atoms with van der Waals surface area (Å²) in [5.74, 6) is -0.132. The molecule has 0 unspecified atom stereocenters. The van der Waals surface area contributed by atoms with Gasteiger partial charge < -0.3 is 10.1 Å². The maximum Gasteiger partial charge on any atom is 0.419 e. The predicted molar refractivity (Wildman–Crippen MR) is 70.6 cm³/mol. The summed E-state index contributed by atoms with van der Waals surface area (Å²) in [7, 11) is 0. The SMILES string of the molecule is FC(F)(F)c1cccnc1NCCOC1CCCCC1. The Kier molecular flexibility index (Phi) is 5.23. The maximum absolute atomic E-state index is 12.7. The van der Waals surface area contributed by atoms with Crippen LogP contribution in [0.2, 0.25) is 0 Å². The quantitative estimate of drug-likeness (QED) is 0.835. The number of rotatable bonds is 5. The number of hydrogen-bond acceptors (Lipinski definition) is 3. The van der Waals surface area contributed by atoms with Gasteiger partial charge >= 0.3 is 6.18 Å². The zero-order valence-corrected chi connectivity index (χ0v) is 11.2. The van der Waals surface area contributed by atoms with Crippen molar-refractivity contribution in [3.05, 3.63) is 23.9 Å². The van der Waals surface area contributed by atoms with Gasteiger partial charge in [0, 0.05) is 12.7 Å². The van der Waals surface area contributed by atoms with Crippen molar-refractivity contribution >= 4 is 5.82 Å². The largest absolute Gasteiger partial charge is 0.419 e. The zero-order chi connectivity index (χ0) is 14.4. The Morgan fingerprint density at radius 2 is 2.00 bits per heavy atom. The second-order valence-corrected chi connectivity index (χ2v) is 4.95. The molecule has 20 heavy (non-hydrogen) atoms. The van der Waals surface area contributed by atoms with E-state index in [1.807, 2.05) is 0 Å². The van der Waals surface area contributed by atoms with Crippen LogP contribution in [-0.2, 0) is 10.9 Å². The van der Waals surface area contributed by atoms with E-state index in [9.17, 15) is 13.2 Å². The molecule has 0 spiro atoms. The number of nitrogens with one attached hydrogen (secondary N) is 1. The van der Waals surface area contributed by atoms with Gasteiger partial charge in [0.1, 0.15) is 5.82 Å². The standard InChI is InChI=1S/C14H19F3N2O/c15-14(16,17)12-7-4-8-18-13(12)19-9-10-20-11-5-2-1-3-6-11/h4,7-8,11H,1-3,5-6,9-10H2,(H,18,19). The van der Waals surface area contributed by atoms with Crippen molar-refractivity contribution < 1.29 is 17.9 Å². The molecular weight excluding hydrogens is 269 g/mol. The van der Waals surface area contributed by atoms with E-state index < -0.39 is 11.7 Å². The second kappa shape index (κ2) is 6.92. The summed E-state index contributed by atoms with van der Waals surface area (Å²) in [5.41, 5.74) is -0.738. The molecule has 1 heterocycles. The minimum absolute atomic E-state index is 0.132. The summed E-state index contributed by atoms with van der Waals surface area (Å²) < 4.78 is 43.9. The lowest BCUT2D eigenvalue weighted by Crippen LogP contribution is -2.21. The van der Waals surface area contributed by atoms with E-state index >= 15 is 0 Å². The fourth-order valence-electron chi connectivity index (χ4n) is 2.40. The Hall–Kier alpha value is -1.30. The van der Waals surface area contributed by atoms with Crippen molar-refractivity contribution in [2.45, 2.75) is 44.4 Å². The molecular formula is C14H19F3N2O. The van der Waals surface area contributed by atoms with Crippen LogP contribution < -0.4 is 5.32 Å². The lowest BCUT2D eigenvalue weighted by molar-refractivity contribution is -0.137. The lowest BCUT2D eigenvalue weighted by atomic mass is 9.98. The zero-order valence-electron chi connectivity index (χ0n) is 11.2. The smallest absolute Gasteiger partial charge is 0.376 e. The van der Waals surface area contributed by atoms with Crippen molar-refractivity contribution in [1.82, 2.24) is 4.98 Å². The van der Waals surface area contributed by atoms with Crippen LogP contribution in [0.4, 0.5) is 19.0 Å². The number of aromatic nitrogens is 1. The van der Waals surface area contributed by atoms with E-state index in [-0.39, 0.29) is 11.9 Å². The molecule has 112 valence electrons. The predicted octanol–water partition coefficient (Wildman–Crippen LogP) is 3.86. The molecule has 0 saturated heterocycles. The van der Waals surface area contributed by atoms with Gasteiger partial charge in [0.15, 0.2) is 0 Å². The normalized spacial score (nSPS) is 17.1. The van der Waals surface area contributed by atoms with Crippen LogP contribution in [0.15, 0.2) is 18.3 Å². The van der Waals surface area contributed by atoms with Gasteiger partial charge in [0.2, 0.25) is 0 Å². The van der Waals surface area contributed by atoms with Gasteiger partial charge in [-0.15, -0.1) is 0 Å². The number of pyridine rings is 1. The van der Waals surface area contributed by atoms with E-state index in [0.29, 0.717) is 13.2 Å². The molecule has 1 N–H and O–H groups in total. The van der Waals surface area contributed by atoms with E-state index in [0.717, 1.165) is 18.9 Å². The average molecular weight is 288 g/mol. The summed E-state index contributed by atoms with van der Waals surface area (Å²) >= 11 is 0. The monoisotopic (exact) mass is 288 g/mol. The van der Waals surface area contributed by atoms with Crippen LogP contribution >= 0.6 is 0 Å². The van der Waals surface area contributed by atoms with Crippen LogP contribution in [-0.4, -0.2) is 24.2 Å². The van der Waals surface area contributed by atoms with Crippen molar-refractivity contribution in [2.75, 3.05) is 18.5 Å². The van der Waals surface area contributed by atoms with Gasteiger partial charge in [-0.1, -0.05) is 19.3 Å². The van der Waals surface area contributed by atoms with Crippen molar-refractivity contribution in [3.63, 3.8) is 0 Å². The minimum atomic E-state index is -4.39. The molecule has 1 aliphatic carbocycles. The van der Waals surface area contributed by atoms with Gasteiger partial charge in [-0.3, -0.25) is 0 Å². The van der Waals surface area contributed by atoms with Gasteiger partial charge in [-0.05, 0) is 25.0 Å². The summed E-state index contributed by atoms with van der Waals surface area (Å²) in [5, 5.41) is 2.70. The van der Waals surface area contributed by atoms with Crippen LogP contribution in [0, 0.1) is 0 Å². The fraction of sp³-hybridized carbons (Fsp3) is 0.643. The Morgan fingerprint density at radius 1 is 1.25 bits per heavy atom. The third kappa shape index (κ3) is 4.37. The number of anilines is 1. The van der Waals surface area contributed by atoms with E-state index in [1.165, 1.54) is 31.5 Å². The molecule has 2 rings (SSSR count). The molecule has 1 aromatic heterocycles. The summed E-state index contributed by atoms with van der Waals surface area (Å²) in [6.45, 7) is 0.731. The number of ether oxygens (including phenoxy) is 1. The first kappa shape index (κ1) is 15.1. The Morgan fingerprint density at radius 3 is 2.70 bits per heavy atom. The fourth-order valence-corrected chi connectivity index (χ4v) is 2.40. The molecule has 6 heteroatoms. The lowest BCUT2D eigenvalue weighted by Gasteiger charge is -2.22. The maximum atomic E-state index is 12.7. The van der Waals surface area contributed by atoms with Crippen LogP contribution in [0.5, 0.6) is 0 Å². The number of alkyl halides is 3. The first-order valence-electron chi connectivity index (χ1n) is 6.95. The third-order valence-electron chi connectivity index (χ3n) is 3.41. The number of nitrogens with zero attached hydrogens (tertiary/aromatic N) is 1. The van der Waals surface area contributed by atoms with E-state index in [2.05, 4.69) is 10.3 Å². The molecule has 1 aromatic rings.